The molecule has 1 aromatic rings. The minimum absolute atomic E-state index is 0.0475. The molecule has 15 heavy (non-hydrogen) atoms. The van der Waals surface area contributed by atoms with Crippen LogP contribution in [0.1, 0.15) is 6.42 Å². The highest BCUT2D eigenvalue weighted by Gasteiger charge is 2.31. The molecule has 0 bridgehead atoms. The lowest BCUT2D eigenvalue weighted by molar-refractivity contribution is -0.117. The first-order valence-electron chi connectivity index (χ1n) is 4.33. The summed E-state index contributed by atoms with van der Waals surface area (Å²) in [5, 5.41) is 0.221. The standard InChI is InChI=1S/C9H7BrClFN2O/c10-5-1-8(15)14(4-5)9-7(12)2-6(11)3-13-9/h2-3,5H,1,4H2. The van der Waals surface area contributed by atoms with Crippen molar-refractivity contribution in [3.05, 3.63) is 23.1 Å². The van der Waals surface area contributed by atoms with E-state index in [4.69, 9.17) is 11.6 Å². The number of halogens is 3. The lowest BCUT2D eigenvalue weighted by Crippen LogP contribution is -2.26. The zero-order valence-electron chi connectivity index (χ0n) is 7.58. The molecule has 3 nitrogen and oxygen atoms in total. The number of rotatable bonds is 1. The number of alkyl halides is 1. The van der Waals surface area contributed by atoms with E-state index in [1.54, 1.807) is 0 Å². The minimum Gasteiger partial charge on any atom is -0.293 e. The fourth-order valence-corrected chi connectivity index (χ4v) is 2.19. The molecule has 0 aromatic carbocycles. The van der Waals surface area contributed by atoms with Gasteiger partial charge in [0.1, 0.15) is 0 Å². The highest BCUT2D eigenvalue weighted by atomic mass is 79.9. The molecule has 1 atom stereocenters. The van der Waals surface area contributed by atoms with Crippen molar-refractivity contribution in [2.45, 2.75) is 11.2 Å². The van der Waals surface area contributed by atoms with Crippen molar-refractivity contribution in [2.24, 2.45) is 0 Å². The third-order valence-electron chi connectivity index (χ3n) is 2.12. The number of nitrogens with zero attached hydrogens (tertiary/aromatic N) is 2. The summed E-state index contributed by atoms with van der Waals surface area (Å²) in [6.07, 6.45) is 1.69. The molecule has 0 saturated carbocycles. The predicted molar refractivity (Wildman–Crippen MR) is 58.9 cm³/mol. The van der Waals surface area contributed by atoms with Gasteiger partial charge in [-0.2, -0.15) is 0 Å². The molecule has 1 aliphatic heterocycles. The average Bonchev–Trinajstić information content (AvgIpc) is 2.45. The number of anilines is 1. The molecule has 0 N–H and O–H groups in total. The summed E-state index contributed by atoms with van der Waals surface area (Å²) < 4.78 is 13.4. The molecule has 0 spiro atoms. The normalized spacial score (nSPS) is 21.1. The quantitative estimate of drug-likeness (QED) is 0.745. The molecule has 1 amide bonds. The van der Waals surface area contributed by atoms with Crippen LogP contribution >= 0.6 is 27.5 Å². The molecule has 80 valence electrons. The maximum absolute atomic E-state index is 13.4. The van der Waals surface area contributed by atoms with Crippen LogP contribution in [0, 0.1) is 5.82 Å². The van der Waals surface area contributed by atoms with Gasteiger partial charge >= 0.3 is 0 Å². The second-order valence-corrected chi connectivity index (χ2v) is 5.00. The van der Waals surface area contributed by atoms with Crippen LogP contribution in [0.4, 0.5) is 10.2 Å². The van der Waals surface area contributed by atoms with Crippen molar-refractivity contribution in [3.63, 3.8) is 0 Å². The van der Waals surface area contributed by atoms with Crippen molar-refractivity contribution < 1.29 is 9.18 Å². The van der Waals surface area contributed by atoms with E-state index >= 15 is 0 Å². The molecule has 1 saturated heterocycles. The first kappa shape index (κ1) is 10.8. The zero-order valence-corrected chi connectivity index (χ0v) is 9.92. The Morgan fingerprint density at radius 1 is 1.67 bits per heavy atom. The zero-order chi connectivity index (χ0) is 11.0. The van der Waals surface area contributed by atoms with Crippen LogP contribution in [0.3, 0.4) is 0 Å². The van der Waals surface area contributed by atoms with E-state index in [1.807, 2.05) is 0 Å². The summed E-state index contributed by atoms with van der Waals surface area (Å²) in [5.41, 5.74) is 0. The summed E-state index contributed by atoms with van der Waals surface area (Å²) in [4.78, 5) is 16.7. The van der Waals surface area contributed by atoms with Gasteiger partial charge in [0.25, 0.3) is 0 Å². The van der Waals surface area contributed by atoms with Gasteiger partial charge in [0.05, 0.1) is 5.02 Å². The van der Waals surface area contributed by atoms with Crippen LogP contribution in [0.2, 0.25) is 5.02 Å². The Balaban J connectivity index is 2.34. The van der Waals surface area contributed by atoms with Crippen molar-refractivity contribution in [3.8, 4) is 0 Å². The van der Waals surface area contributed by atoms with Gasteiger partial charge in [-0.15, -0.1) is 0 Å². The van der Waals surface area contributed by atoms with Gasteiger partial charge in [0.2, 0.25) is 5.91 Å². The number of pyridine rings is 1. The van der Waals surface area contributed by atoms with Crippen molar-refractivity contribution in [2.75, 3.05) is 11.4 Å². The Morgan fingerprint density at radius 2 is 2.40 bits per heavy atom. The van der Waals surface area contributed by atoms with Gasteiger partial charge in [-0.05, 0) is 6.07 Å². The van der Waals surface area contributed by atoms with Crippen LogP contribution in [0.5, 0.6) is 0 Å². The number of hydrogen-bond acceptors (Lipinski definition) is 2. The fraction of sp³-hybridized carbons (Fsp3) is 0.333. The van der Waals surface area contributed by atoms with E-state index in [1.165, 1.54) is 11.1 Å². The third kappa shape index (κ3) is 2.13. The number of carbonyl (C=O) groups excluding carboxylic acids is 1. The van der Waals surface area contributed by atoms with Crippen LogP contribution in [-0.2, 0) is 4.79 Å². The van der Waals surface area contributed by atoms with E-state index in [0.29, 0.717) is 13.0 Å². The number of carbonyl (C=O) groups is 1. The summed E-state index contributed by atoms with van der Waals surface area (Å²) in [6.45, 7) is 0.435. The van der Waals surface area contributed by atoms with Gasteiger partial charge < -0.3 is 0 Å². The maximum atomic E-state index is 13.4. The molecule has 1 unspecified atom stereocenters. The highest BCUT2D eigenvalue weighted by Crippen LogP contribution is 2.26. The lowest BCUT2D eigenvalue weighted by Gasteiger charge is -2.15. The summed E-state index contributed by atoms with van der Waals surface area (Å²) in [6, 6.07) is 1.15. The van der Waals surface area contributed by atoms with E-state index in [2.05, 4.69) is 20.9 Å². The topological polar surface area (TPSA) is 33.2 Å². The maximum Gasteiger partial charge on any atom is 0.229 e. The van der Waals surface area contributed by atoms with Crippen molar-refractivity contribution in [1.82, 2.24) is 4.98 Å². The molecule has 0 radical (unpaired) electrons. The second-order valence-electron chi connectivity index (χ2n) is 3.26. The molecular weight excluding hydrogens is 286 g/mol. The number of aromatic nitrogens is 1. The summed E-state index contributed by atoms with van der Waals surface area (Å²) in [7, 11) is 0. The lowest BCUT2D eigenvalue weighted by atomic mass is 10.4. The Bertz CT molecular complexity index is 415. The highest BCUT2D eigenvalue weighted by molar-refractivity contribution is 9.09. The number of amides is 1. The predicted octanol–water partition coefficient (Wildman–Crippen LogP) is 2.37. The van der Waals surface area contributed by atoms with Crippen molar-refractivity contribution >= 4 is 39.3 Å². The molecular formula is C9H7BrClFN2O. The molecule has 0 aliphatic carbocycles. The SMILES string of the molecule is O=C1CC(Br)CN1c1ncc(Cl)cc1F. The van der Waals surface area contributed by atoms with Gasteiger partial charge in [-0.3, -0.25) is 9.69 Å². The summed E-state index contributed by atoms with van der Waals surface area (Å²) >= 11 is 8.89. The Labute approximate surface area is 99.4 Å². The largest absolute Gasteiger partial charge is 0.293 e. The Hall–Kier alpha value is -0.680. The van der Waals surface area contributed by atoms with Crippen molar-refractivity contribution in [1.29, 1.82) is 0 Å². The van der Waals surface area contributed by atoms with Gasteiger partial charge in [0, 0.05) is 24.0 Å². The van der Waals surface area contributed by atoms with Gasteiger partial charge in [-0.25, -0.2) is 9.37 Å². The monoisotopic (exact) mass is 292 g/mol. The average molecular weight is 294 g/mol. The molecule has 2 rings (SSSR count). The third-order valence-corrected chi connectivity index (χ3v) is 2.94. The van der Waals surface area contributed by atoms with Crippen LogP contribution in [0.15, 0.2) is 12.3 Å². The molecule has 2 heterocycles. The van der Waals surface area contributed by atoms with Crippen LogP contribution in [0.25, 0.3) is 0 Å². The van der Waals surface area contributed by atoms with E-state index in [9.17, 15) is 9.18 Å². The van der Waals surface area contributed by atoms with Crippen LogP contribution in [-0.4, -0.2) is 22.3 Å². The van der Waals surface area contributed by atoms with Gasteiger partial charge in [-0.1, -0.05) is 27.5 Å². The fourth-order valence-electron chi connectivity index (χ4n) is 1.47. The minimum atomic E-state index is -0.572. The molecule has 1 aromatic heterocycles. The van der Waals surface area contributed by atoms with Crippen LogP contribution < -0.4 is 4.90 Å². The Kier molecular flexibility index (Phi) is 2.93. The Morgan fingerprint density at radius 3 is 2.93 bits per heavy atom. The summed E-state index contributed by atoms with van der Waals surface area (Å²) in [5.74, 6) is -0.658. The molecule has 1 aliphatic rings. The number of hydrogen-bond donors (Lipinski definition) is 0. The molecule has 1 fully saturated rings. The molecule has 6 heteroatoms. The van der Waals surface area contributed by atoms with E-state index in [-0.39, 0.29) is 21.6 Å². The second kappa shape index (κ2) is 4.06. The first-order chi connectivity index (χ1) is 7.08. The van der Waals surface area contributed by atoms with E-state index < -0.39 is 5.82 Å². The van der Waals surface area contributed by atoms with E-state index in [0.717, 1.165) is 6.07 Å². The smallest absolute Gasteiger partial charge is 0.229 e. The first-order valence-corrected chi connectivity index (χ1v) is 5.63. The van der Waals surface area contributed by atoms with Gasteiger partial charge in [0.15, 0.2) is 11.6 Å².